The molecule has 8 heteroatoms. The summed E-state index contributed by atoms with van der Waals surface area (Å²) in [5.41, 5.74) is 15.0. The highest BCUT2D eigenvalue weighted by Gasteiger charge is 2.20. The number of hydrogen-bond acceptors (Lipinski definition) is 5. The van der Waals surface area contributed by atoms with Crippen molar-refractivity contribution in [2.75, 3.05) is 0 Å². The van der Waals surface area contributed by atoms with Gasteiger partial charge in [0.1, 0.15) is 6.29 Å². The van der Waals surface area contributed by atoms with Crippen LogP contribution in [0.1, 0.15) is 12.8 Å². The Labute approximate surface area is 91.5 Å². The molecule has 0 rings (SSSR count). The first kappa shape index (κ1) is 14.0. The molecule has 0 saturated heterocycles. The number of rotatable bonds is 7. The molecule has 0 aromatic carbocycles. The lowest BCUT2D eigenvalue weighted by Crippen LogP contribution is -2.48. The summed E-state index contributed by atoms with van der Waals surface area (Å²) in [4.78, 5) is 42.7. The van der Waals surface area contributed by atoms with E-state index < -0.39 is 29.8 Å². The third-order valence-corrected chi connectivity index (χ3v) is 1.67. The minimum Gasteiger partial charge on any atom is -0.370 e. The van der Waals surface area contributed by atoms with E-state index in [-0.39, 0.29) is 12.8 Å². The van der Waals surface area contributed by atoms with Crippen molar-refractivity contribution >= 4 is 24.0 Å². The first-order valence-corrected chi connectivity index (χ1v) is 4.44. The molecule has 0 unspecified atom stereocenters. The van der Waals surface area contributed by atoms with Crippen molar-refractivity contribution in [3.63, 3.8) is 0 Å². The molecule has 0 aliphatic carbocycles. The predicted octanol–water partition coefficient (Wildman–Crippen LogP) is -3.25. The van der Waals surface area contributed by atoms with Crippen molar-refractivity contribution in [2.24, 2.45) is 17.2 Å². The van der Waals surface area contributed by atoms with Crippen molar-refractivity contribution in [3.05, 3.63) is 0 Å². The summed E-state index contributed by atoms with van der Waals surface area (Å²) < 4.78 is 0. The molecule has 7 N–H and O–H groups in total. The van der Waals surface area contributed by atoms with Gasteiger partial charge in [0.05, 0.1) is 24.9 Å². The van der Waals surface area contributed by atoms with Gasteiger partial charge in [-0.3, -0.25) is 14.4 Å². The Morgan fingerprint density at radius 2 is 1.62 bits per heavy atom. The number of amides is 3. The van der Waals surface area contributed by atoms with Gasteiger partial charge in [0.15, 0.2) is 0 Å². The van der Waals surface area contributed by atoms with Crippen LogP contribution in [0.15, 0.2) is 0 Å². The first-order valence-electron chi connectivity index (χ1n) is 4.44. The highest BCUT2D eigenvalue weighted by Crippen LogP contribution is 1.92. The third kappa shape index (κ3) is 5.70. The van der Waals surface area contributed by atoms with Gasteiger partial charge in [-0.05, 0) is 0 Å². The van der Waals surface area contributed by atoms with Crippen LogP contribution < -0.4 is 22.5 Å². The van der Waals surface area contributed by atoms with E-state index in [1.807, 2.05) is 0 Å². The second kappa shape index (κ2) is 6.51. The zero-order valence-electron chi connectivity index (χ0n) is 8.51. The molecule has 90 valence electrons. The minimum atomic E-state index is -1.15. The van der Waals surface area contributed by atoms with E-state index in [2.05, 4.69) is 5.32 Å². The Hall–Kier alpha value is -1.96. The van der Waals surface area contributed by atoms with Crippen LogP contribution in [-0.4, -0.2) is 36.1 Å². The number of primary amides is 2. The van der Waals surface area contributed by atoms with Crippen LogP contribution in [0.25, 0.3) is 0 Å². The van der Waals surface area contributed by atoms with E-state index >= 15 is 0 Å². The topological polar surface area (TPSA) is 158 Å². The SMILES string of the molecule is NC(=O)C[C@@H](C=O)NC(=O)[C@@H](N)CC(N)=O. The van der Waals surface area contributed by atoms with Gasteiger partial charge in [0.25, 0.3) is 0 Å². The van der Waals surface area contributed by atoms with Crippen molar-refractivity contribution in [3.8, 4) is 0 Å². The maximum absolute atomic E-state index is 11.3. The lowest BCUT2D eigenvalue weighted by Gasteiger charge is -2.14. The molecular formula is C8H14N4O4. The van der Waals surface area contributed by atoms with Crippen molar-refractivity contribution in [1.82, 2.24) is 5.32 Å². The predicted molar refractivity (Wildman–Crippen MR) is 53.6 cm³/mol. The van der Waals surface area contributed by atoms with Crippen LogP contribution in [0.3, 0.4) is 0 Å². The quantitative estimate of drug-likeness (QED) is 0.337. The summed E-state index contributed by atoms with van der Waals surface area (Å²) in [6, 6.07) is -2.18. The number of nitrogens with two attached hydrogens (primary N) is 3. The zero-order valence-corrected chi connectivity index (χ0v) is 8.51. The standard InChI is InChI=1S/C8H14N4O4/c9-5(2-7(11)15)8(16)12-4(3-13)1-6(10)14/h3-5H,1-2,9H2,(H2,10,14)(H2,11,15)(H,12,16)/t4-,5-/m0/s1. The summed E-state index contributed by atoms with van der Waals surface area (Å²) in [5, 5.41) is 2.16. The fraction of sp³-hybridized carbons (Fsp3) is 0.500. The summed E-state index contributed by atoms with van der Waals surface area (Å²) in [7, 11) is 0. The maximum atomic E-state index is 11.3. The van der Waals surface area contributed by atoms with Crippen LogP contribution >= 0.6 is 0 Å². The second-order valence-corrected chi connectivity index (χ2v) is 3.20. The monoisotopic (exact) mass is 230 g/mol. The normalized spacial score (nSPS) is 13.6. The molecule has 0 saturated carbocycles. The maximum Gasteiger partial charge on any atom is 0.238 e. The summed E-state index contributed by atoms with van der Waals surface area (Å²) in [6.07, 6.45) is -0.299. The zero-order chi connectivity index (χ0) is 12.7. The highest BCUT2D eigenvalue weighted by molar-refractivity contribution is 5.90. The highest BCUT2D eigenvalue weighted by atomic mass is 16.2. The minimum absolute atomic E-state index is 0.321. The van der Waals surface area contributed by atoms with E-state index in [0.29, 0.717) is 6.29 Å². The van der Waals surface area contributed by atoms with Gasteiger partial charge >= 0.3 is 0 Å². The van der Waals surface area contributed by atoms with Gasteiger partial charge in [-0.25, -0.2) is 0 Å². The molecule has 16 heavy (non-hydrogen) atoms. The van der Waals surface area contributed by atoms with Crippen LogP contribution in [0.2, 0.25) is 0 Å². The molecule has 3 amide bonds. The molecule has 0 radical (unpaired) electrons. The number of hydrogen-bond donors (Lipinski definition) is 4. The fourth-order valence-corrected chi connectivity index (χ4v) is 0.949. The van der Waals surface area contributed by atoms with Gasteiger partial charge in [0.2, 0.25) is 17.7 Å². The molecule has 0 bridgehead atoms. The smallest absolute Gasteiger partial charge is 0.238 e. The molecule has 0 fully saturated rings. The average Bonchev–Trinajstić information content (AvgIpc) is 2.14. The number of aldehydes is 1. The number of carbonyl (C=O) groups excluding carboxylic acids is 4. The summed E-state index contributed by atoms with van der Waals surface area (Å²) >= 11 is 0. The molecule has 0 spiro atoms. The Morgan fingerprint density at radius 3 is 2.00 bits per heavy atom. The molecule has 0 aliphatic rings. The van der Waals surface area contributed by atoms with E-state index in [9.17, 15) is 19.2 Å². The molecule has 0 aromatic rings. The lowest BCUT2D eigenvalue weighted by atomic mass is 10.1. The van der Waals surface area contributed by atoms with E-state index in [4.69, 9.17) is 17.2 Å². The molecular weight excluding hydrogens is 216 g/mol. The Morgan fingerprint density at radius 1 is 1.12 bits per heavy atom. The lowest BCUT2D eigenvalue weighted by molar-refractivity contribution is -0.128. The van der Waals surface area contributed by atoms with E-state index in [0.717, 1.165) is 0 Å². The third-order valence-electron chi connectivity index (χ3n) is 1.67. The molecule has 8 nitrogen and oxygen atoms in total. The molecule has 2 atom stereocenters. The van der Waals surface area contributed by atoms with Crippen LogP contribution in [0.4, 0.5) is 0 Å². The molecule has 0 aliphatic heterocycles. The van der Waals surface area contributed by atoms with Crippen LogP contribution in [0.5, 0.6) is 0 Å². The van der Waals surface area contributed by atoms with Crippen molar-refractivity contribution in [2.45, 2.75) is 24.9 Å². The second-order valence-electron chi connectivity index (χ2n) is 3.20. The molecule has 0 aromatic heterocycles. The van der Waals surface area contributed by atoms with Gasteiger partial charge in [-0.2, -0.15) is 0 Å². The van der Waals surface area contributed by atoms with Crippen molar-refractivity contribution < 1.29 is 19.2 Å². The Kier molecular flexibility index (Phi) is 5.71. The van der Waals surface area contributed by atoms with Gasteiger partial charge < -0.3 is 27.3 Å². The van der Waals surface area contributed by atoms with Crippen LogP contribution in [-0.2, 0) is 19.2 Å². The van der Waals surface area contributed by atoms with E-state index in [1.165, 1.54) is 0 Å². The Bertz CT molecular complexity index is 304. The summed E-state index contributed by atoms with van der Waals surface area (Å²) in [6.45, 7) is 0. The Balaban J connectivity index is 4.23. The van der Waals surface area contributed by atoms with E-state index in [1.54, 1.807) is 0 Å². The average molecular weight is 230 g/mol. The van der Waals surface area contributed by atoms with Gasteiger partial charge in [-0.15, -0.1) is 0 Å². The number of carbonyl (C=O) groups is 4. The molecule has 0 heterocycles. The number of nitrogens with one attached hydrogen (secondary N) is 1. The van der Waals surface area contributed by atoms with Crippen LogP contribution in [0, 0.1) is 0 Å². The van der Waals surface area contributed by atoms with Gasteiger partial charge in [0, 0.05) is 0 Å². The fourth-order valence-electron chi connectivity index (χ4n) is 0.949. The first-order chi connectivity index (χ1) is 7.36. The van der Waals surface area contributed by atoms with Gasteiger partial charge in [-0.1, -0.05) is 0 Å². The largest absolute Gasteiger partial charge is 0.370 e. The summed E-state index contributed by atoms with van der Waals surface area (Å²) in [5.74, 6) is -2.21. The van der Waals surface area contributed by atoms with Crippen molar-refractivity contribution in [1.29, 1.82) is 0 Å².